The fourth-order valence-electron chi connectivity index (χ4n) is 7.08. The summed E-state index contributed by atoms with van der Waals surface area (Å²) in [5, 5.41) is 0. The Bertz CT molecular complexity index is 1760. The van der Waals surface area contributed by atoms with E-state index in [1.807, 2.05) is 6.20 Å². The fourth-order valence-corrected chi connectivity index (χ4v) is 7.08. The number of pyridine rings is 1. The molecule has 0 radical (unpaired) electrons. The van der Waals surface area contributed by atoms with E-state index in [0.29, 0.717) is 0 Å². The van der Waals surface area contributed by atoms with Crippen LogP contribution >= 0.6 is 0 Å². The molecule has 5 aromatic rings. The Morgan fingerprint density at radius 2 is 1.26 bits per heavy atom. The maximum Gasteiger partial charge on any atom is 0.0688 e. The maximum absolute atomic E-state index is 4.88. The number of hydrogen-bond donors (Lipinski definition) is 0. The molecule has 0 saturated carbocycles. The van der Waals surface area contributed by atoms with Crippen LogP contribution in [0.1, 0.15) is 44.6 Å². The van der Waals surface area contributed by atoms with Crippen molar-refractivity contribution in [1.29, 1.82) is 0 Å². The normalized spacial score (nSPS) is 14.9. The van der Waals surface area contributed by atoms with Gasteiger partial charge in [-0.2, -0.15) is 0 Å². The van der Waals surface area contributed by atoms with Crippen LogP contribution in [-0.2, 0) is 25.7 Å². The number of hydrogen-bond acceptors (Lipinski definition) is 2. The predicted octanol–water partition coefficient (Wildman–Crippen LogP) is 7.50. The second-order valence-corrected chi connectivity index (χ2v) is 10.4. The van der Waals surface area contributed by atoms with Gasteiger partial charge in [-0.3, -0.25) is 4.98 Å². The van der Waals surface area contributed by atoms with Crippen molar-refractivity contribution in [3.8, 4) is 22.3 Å². The quantitative estimate of drug-likeness (QED) is 0.240. The van der Waals surface area contributed by atoms with Crippen LogP contribution < -0.4 is 4.90 Å². The van der Waals surface area contributed by atoms with Crippen LogP contribution in [0.4, 0.5) is 17.1 Å². The summed E-state index contributed by atoms with van der Waals surface area (Å²) < 4.78 is 0. The lowest BCUT2D eigenvalue weighted by molar-refractivity contribution is 0.955. The van der Waals surface area contributed by atoms with Crippen molar-refractivity contribution in [2.75, 3.05) is 4.90 Å². The number of benzene rings is 4. The molecule has 0 spiro atoms. The van der Waals surface area contributed by atoms with Crippen LogP contribution in [0.25, 0.3) is 22.3 Å². The van der Waals surface area contributed by atoms with Gasteiger partial charge < -0.3 is 4.90 Å². The lowest BCUT2D eigenvalue weighted by Crippen LogP contribution is -2.26. The summed E-state index contributed by atoms with van der Waals surface area (Å²) in [6, 6.07) is 29.6. The van der Waals surface area contributed by atoms with Gasteiger partial charge in [0.05, 0.1) is 22.8 Å². The highest BCUT2D eigenvalue weighted by Crippen LogP contribution is 2.55. The molecule has 0 bridgehead atoms. The standard InChI is InChI=1S/C33H22N2/c1-3-8-24-19(6-1)12-21-17-32-22(15-26(21)24)13-23-16-27-25-9-4-2-7-20(25)14-28(27)29-18-30-31(10-5-11-34-30)35(32)33(23)29/h1-11,15-17H,12-14,18H2. The molecule has 4 aromatic carbocycles. The van der Waals surface area contributed by atoms with Gasteiger partial charge >= 0.3 is 0 Å². The summed E-state index contributed by atoms with van der Waals surface area (Å²) in [7, 11) is 0. The Labute approximate surface area is 204 Å². The molecule has 0 unspecified atom stereocenters. The molecule has 4 aliphatic rings. The Morgan fingerprint density at radius 1 is 0.514 bits per heavy atom. The van der Waals surface area contributed by atoms with Crippen LogP contribution in [0, 0.1) is 0 Å². The molecule has 2 aliphatic carbocycles. The lowest BCUT2D eigenvalue weighted by Gasteiger charge is -2.40. The molecule has 2 nitrogen and oxygen atoms in total. The van der Waals surface area contributed by atoms with E-state index in [-0.39, 0.29) is 0 Å². The molecule has 0 fully saturated rings. The highest BCUT2D eigenvalue weighted by Gasteiger charge is 2.37. The van der Waals surface area contributed by atoms with E-state index in [4.69, 9.17) is 4.98 Å². The Hall–Kier alpha value is -4.17. The molecule has 2 aliphatic heterocycles. The Kier molecular flexibility index (Phi) is 3.27. The number of aromatic nitrogens is 1. The minimum absolute atomic E-state index is 0.915. The van der Waals surface area contributed by atoms with Gasteiger partial charge in [-0.05, 0) is 104 Å². The number of rotatable bonds is 0. The first-order chi connectivity index (χ1) is 17.3. The predicted molar refractivity (Wildman–Crippen MR) is 141 cm³/mol. The van der Waals surface area contributed by atoms with E-state index in [9.17, 15) is 0 Å². The van der Waals surface area contributed by atoms with Crippen LogP contribution in [0.3, 0.4) is 0 Å². The summed E-state index contributed by atoms with van der Waals surface area (Å²) >= 11 is 0. The van der Waals surface area contributed by atoms with E-state index in [1.54, 1.807) is 0 Å². The molecule has 2 heteroatoms. The van der Waals surface area contributed by atoms with Gasteiger partial charge in [-0.1, -0.05) is 48.5 Å². The van der Waals surface area contributed by atoms with Gasteiger partial charge in [-0.25, -0.2) is 0 Å². The number of fused-ring (bicyclic) bond motifs is 11. The molecule has 0 saturated heterocycles. The zero-order valence-corrected chi connectivity index (χ0v) is 19.3. The fraction of sp³-hybridized carbons (Fsp3) is 0.121. The van der Waals surface area contributed by atoms with Crippen molar-refractivity contribution in [2.24, 2.45) is 0 Å². The largest absolute Gasteiger partial charge is 0.308 e. The molecular weight excluding hydrogens is 424 g/mol. The zero-order valence-electron chi connectivity index (χ0n) is 19.3. The van der Waals surface area contributed by atoms with E-state index >= 15 is 0 Å². The van der Waals surface area contributed by atoms with Crippen molar-refractivity contribution in [2.45, 2.75) is 25.7 Å². The monoisotopic (exact) mass is 446 g/mol. The first-order valence-corrected chi connectivity index (χ1v) is 12.6. The van der Waals surface area contributed by atoms with E-state index in [1.165, 1.54) is 84.0 Å². The Morgan fingerprint density at radius 3 is 2.14 bits per heavy atom. The lowest BCUT2D eigenvalue weighted by atomic mass is 9.82. The summed E-state index contributed by atoms with van der Waals surface area (Å²) in [5.41, 5.74) is 21.0. The highest BCUT2D eigenvalue weighted by atomic mass is 15.2. The summed E-state index contributed by atoms with van der Waals surface area (Å²) in [6.07, 6.45) is 5.89. The molecule has 0 amide bonds. The molecular formula is C33H22N2. The minimum atomic E-state index is 0.915. The maximum atomic E-state index is 4.88. The molecule has 35 heavy (non-hydrogen) atoms. The van der Waals surface area contributed by atoms with Crippen LogP contribution in [-0.4, -0.2) is 4.98 Å². The minimum Gasteiger partial charge on any atom is -0.308 e. The molecule has 0 N–H and O–H groups in total. The van der Waals surface area contributed by atoms with Crippen molar-refractivity contribution in [3.63, 3.8) is 0 Å². The average Bonchev–Trinajstić information content (AvgIpc) is 3.45. The number of anilines is 3. The summed E-state index contributed by atoms with van der Waals surface area (Å²) in [4.78, 5) is 7.42. The van der Waals surface area contributed by atoms with E-state index in [2.05, 4.69) is 83.8 Å². The summed E-state index contributed by atoms with van der Waals surface area (Å²) in [5.74, 6) is 0. The van der Waals surface area contributed by atoms with Gasteiger partial charge in [0.2, 0.25) is 0 Å². The first kappa shape index (κ1) is 18.2. The molecule has 9 rings (SSSR count). The van der Waals surface area contributed by atoms with Crippen molar-refractivity contribution in [1.82, 2.24) is 4.98 Å². The topological polar surface area (TPSA) is 16.1 Å². The van der Waals surface area contributed by atoms with Crippen molar-refractivity contribution < 1.29 is 0 Å². The summed E-state index contributed by atoms with van der Waals surface area (Å²) in [6.45, 7) is 0. The molecule has 1 aromatic heterocycles. The van der Waals surface area contributed by atoms with Crippen molar-refractivity contribution in [3.05, 3.63) is 130 Å². The highest BCUT2D eigenvalue weighted by molar-refractivity contribution is 5.95. The third-order valence-corrected chi connectivity index (χ3v) is 8.56. The van der Waals surface area contributed by atoms with E-state index < -0.39 is 0 Å². The third-order valence-electron chi connectivity index (χ3n) is 8.56. The second kappa shape index (κ2) is 6.28. The van der Waals surface area contributed by atoms with Gasteiger partial charge in [0.25, 0.3) is 0 Å². The van der Waals surface area contributed by atoms with Gasteiger partial charge in [0, 0.05) is 19.0 Å². The zero-order chi connectivity index (χ0) is 22.7. The van der Waals surface area contributed by atoms with Gasteiger partial charge in [-0.15, -0.1) is 0 Å². The average molecular weight is 447 g/mol. The smallest absolute Gasteiger partial charge is 0.0688 e. The molecule has 0 atom stereocenters. The van der Waals surface area contributed by atoms with Gasteiger partial charge in [0.15, 0.2) is 0 Å². The van der Waals surface area contributed by atoms with Crippen LogP contribution in [0.15, 0.2) is 85.1 Å². The van der Waals surface area contributed by atoms with Crippen LogP contribution in [0.2, 0.25) is 0 Å². The van der Waals surface area contributed by atoms with E-state index in [0.717, 1.165) is 25.7 Å². The van der Waals surface area contributed by atoms with Crippen molar-refractivity contribution >= 4 is 17.1 Å². The number of nitrogens with zero attached hydrogens (tertiary/aromatic N) is 2. The molecule has 3 heterocycles. The van der Waals surface area contributed by atoms with Gasteiger partial charge in [0.1, 0.15) is 0 Å². The first-order valence-electron chi connectivity index (χ1n) is 12.6. The Balaban J connectivity index is 1.33. The second-order valence-electron chi connectivity index (χ2n) is 10.4. The SMILES string of the molecule is c1ccc2c(c1)Cc1cc3c(cc1-2)Cc1cc2c(c4c1N3c1cccnc1C4)Cc1ccccc1-2. The molecule has 164 valence electrons. The third kappa shape index (κ3) is 2.27. The van der Waals surface area contributed by atoms with Crippen LogP contribution in [0.5, 0.6) is 0 Å².